The number of phenolic OH excluding ortho intramolecular Hbond substituents is 1. The Bertz CT molecular complexity index is 831. The third-order valence-electron chi connectivity index (χ3n) is 3.12. The van der Waals surface area contributed by atoms with Gasteiger partial charge in [-0.05, 0) is 41.5 Å². The van der Waals surface area contributed by atoms with E-state index >= 15 is 0 Å². The monoisotopic (exact) mass is 305 g/mol. The molecule has 0 fully saturated rings. The van der Waals surface area contributed by atoms with Crippen molar-refractivity contribution in [3.05, 3.63) is 54.7 Å². The molecule has 0 saturated carbocycles. The Morgan fingerprint density at radius 3 is 2.45 bits per heavy atom. The maximum atomic E-state index is 12.3. The highest BCUT2D eigenvalue weighted by Gasteiger charge is 2.32. The number of hydrogen-bond acceptors (Lipinski definition) is 3. The zero-order valence-corrected chi connectivity index (χ0v) is 11.1. The van der Waals surface area contributed by atoms with Gasteiger partial charge in [0, 0.05) is 11.6 Å². The summed E-state index contributed by atoms with van der Waals surface area (Å²) in [6.07, 6.45) is -3.19. The van der Waals surface area contributed by atoms with E-state index < -0.39 is 17.9 Å². The zero-order chi connectivity index (χ0) is 15.7. The molecule has 1 N–H and O–H groups in total. The van der Waals surface area contributed by atoms with Gasteiger partial charge in [-0.3, -0.25) is 4.98 Å². The quantitative estimate of drug-likeness (QED) is 0.757. The summed E-state index contributed by atoms with van der Waals surface area (Å²) < 4.78 is 40.8. The number of benzene rings is 2. The molecule has 1 aromatic heterocycles. The maximum Gasteiger partial charge on any atom is 0.573 e. The summed E-state index contributed by atoms with van der Waals surface area (Å²) in [4.78, 5) is 4.18. The zero-order valence-electron chi connectivity index (χ0n) is 11.1. The molecule has 0 bridgehead atoms. The molecule has 0 aliphatic carbocycles. The summed E-state index contributed by atoms with van der Waals surface area (Å²) in [6.45, 7) is 0. The molecule has 0 aliphatic heterocycles. The first-order valence-electron chi connectivity index (χ1n) is 6.36. The van der Waals surface area contributed by atoms with Crippen molar-refractivity contribution in [2.45, 2.75) is 6.36 Å². The number of phenols is 1. The molecule has 0 saturated heterocycles. The maximum absolute atomic E-state index is 12.3. The number of fused-ring (bicyclic) bond motifs is 1. The van der Waals surface area contributed by atoms with E-state index in [9.17, 15) is 18.3 Å². The first-order chi connectivity index (χ1) is 10.4. The fraction of sp³-hybridized carbons (Fsp3) is 0.0625. The molecule has 6 heteroatoms. The number of ether oxygens (including phenoxy) is 1. The average Bonchev–Trinajstić information content (AvgIpc) is 2.48. The van der Waals surface area contributed by atoms with E-state index in [0.29, 0.717) is 11.1 Å². The van der Waals surface area contributed by atoms with Crippen LogP contribution in [0.1, 0.15) is 0 Å². The van der Waals surface area contributed by atoms with Crippen molar-refractivity contribution in [3.8, 4) is 22.6 Å². The van der Waals surface area contributed by atoms with Crippen LogP contribution in [-0.2, 0) is 0 Å². The van der Waals surface area contributed by atoms with Gasteiger partial charge < -0.3 is 9.84 Å². The van der Waals surface area contributed by atoms with Crippen LogP contribution in [0.5, 0.6) is 11.5 Å². The van der Waals surface area contributed by atoms with Crippen LogP contribution < -0.4 is 4.74 Å². The fourth-order valence-corrected chi connectivity index (χ4v) is 2.16. The first-order valence-corrected chi connectivity index (χ1v) is 6.36. The van der Waals surface area contributed by atoms with Crippen molar-refractivity contribution in [3.63, 3.8) is 0 Å². The smallest absolute Gasteiger partial charge is 0.504 e. The predicted molar refractivity (Wildman–Crippen MR) is 75.5 cm³/mol. The predicted octanol–water partition coefficient (Wildman–Crippen LogP) is 4.51. The van der Waals surface area contributed by atoms with Crippen LogP contribution >= 0.6 is 0 Å². The third kappa shape index (κ3) is 2.95. The summed E-state index contributed by atoms with van der Waals surface area (Å²) in [5, 5.41) is 10.3. The average molecular weight is 305 g/mol. The SMILES string of the molecule is Oc1ccc(-c2ccc3ncccc3c2)cc1OC(F)(F)F. The number of pyridine rings is 1. The Kier molecular flexibility index (Phi) is 3.36. The Hall–Kier alpha value is -2.76. The molecular formula is C16H10F3NO2. The number of halogens is 3. The van der Waals surface area contributed by atoms with Crippen molar-refractivity contribution in [1.82, 2.24) is 4.98 Å². The van der Waals surface area contributed by atoms with E-state index in [1.807, 2.05) is 12.1 Å². The molecule has 3 aromatic rings. The normalized spacial score (nSPS) is 11.6. The van der Waals surface area contributed by atoms with Crippen molar-refractivity contribution < 1.29 is 23.0 Å². The molecule has 3 rings (SSSR count). The Balaban J connectivity index is 2.04. The van der Waals surface area contributed by atoms with Gasteiger partial charge in [0.2, 0.25) is 0 Å². The molecule has 2 aromatic carbocycles. The third-order valence-corrected chi connectivity index (χ3v) is 3.12. The van der Waals surface area contributed by atoms with Gasteiger partial charge >= 0.3 is 6.36 Å². The fourth-order valence-electron chi connectivity index (χ4n) is 2.16. The Morgan fingerprint density at radius 2 is 1.68 bits per heavy atom. The summed E-state index contributed by atoms with van der Waals surface area (Å²) >= 11 is 0. The summed E-state index contributed by atoms with van der Waals surface area (Å²) in [5.41, 5.74) is 1.99. The minimum Gasteiger partial charge on any atom is -0.504 e. The molecule has 112 valence electrons. The van der Waals surface area contributed by atoms with Gasteiger partial charge in [0.15, 0.2) is 11.5 Å². The molecule has 0 spiro atoms. The number of aromatic nitrogens is 1. The lowest BCUT2D eigenvalue weighted by Gasteiger charge is -2.12. The molecule has 0 amide bonds. The van der Waals surface area contributed by atoms with Gasteiger partial charge in [-0.1, -0.05) is 18.2 Å². The second kappa shape index (κ2) is 5.22. The minimum atomic E-state index is -4.86. The number of aromatic hydroxyl groups is 1. The van der Waals surface area contributed by atoms with Crippen molar-refractivity contribution in [2.24, 2.45) is 0 Å². The second-order valence-electron chi connectivity index (χ2n) is 4.64. The van der Waals surface area contributed by atoms with Gasteiger partial charge in [-0.2, -0.15) is 0 Å². The van der Waals surface area contributed by atoms with E-state index in [0.717, 1.165) is 17.0 Å². The van der Waals surface area contributed by atoms with E-state index in [1.54, 1.807) is 24.4 Å². The van der Waals surface area contributed by atoms with Crippen LogP contribution in [0.25, 0.3) is 22.0 Å². The van der Waals surface area contributed by atoms with Gasteiger partial charge in [-0.15, -0.1) is 13.2 Å². The van der Waals surface area contributed by atoms with Crippen LogP contribution in [0, 0.1) is 0 Å². The second-order valence-corrected chi connectivity index (χ2v) is 4.64. The highest BCUT2D eigenvalue weighted by atomic mass is 19.4. The largest absolute Gasteiger partial charge is 0.573 e. The lowest BCUT2D eigenvalue weighted by atomic mass is 10.0. The standard InChI is InChI=1S/C16H10F3NO2/c17-16(18,19)22-15-9-11(4-6-14(15)21)10-3-5-13-12(8-10)2-1-7-20-13/h1-9,21H. The highest BCUT2D eigenvalue weighted by molar-refractivity contribution is 5.84. The Morgan fingerprint density at radius 1 is 0.955 bits per heavy atom. The number of hydrogen-bond donors (Lipinski definition) is 1. The van der Waals surface area contributed by atoms with Gasteiger partial charge in [0.05, 0.1) is 5.52 Å². The molecule has 0 aliphatic rings. The van der Waals surface area contributed by atoms with Crippen LogP contribution in [0.3, 0.4) is 0 Å². The summed E-state index contributed by atoms with van der Waals surface area (Å²) in [6, 6.07) is 12.8. The lowest BCUT2D eigenvalue weighted by molar-refractivity contribution is -0.275. The molecule has 22 heavy (non-hydrogen) atoms. The molecular weight excluding hydrogens is 295 g/mol. The van der Waals surface area contributed by atoms with E-state index in [-0.39, 0.29) is 0 Å². The van der Waals surface area contributed by atoms with Crippen LogP contribution in [0.4, 0.5) is 13.2 Å². The van der Waals surface area contributed by atoms with E-state index in [1.165, 1.54) is 12.1 Å². The number of alkyl halides is 3. The molecule has 0 atom stereocenters. The van der Waals surface area contributed by atoms with Gasteiger partial charge in [0.25, 0.3) is 0 Å². The van der Waals surface area contributed by atoms with Gasteiger partial charge in [-0.25, -0.2) is 0 Å². The van der Waals surface area contributed by atoms with Crippen LogP contribution in [-0.4, -0.2) is 16.5 Å². The first kappa shape index (κ1) is 14.2. The molecule has 3 nitrogen and oxygen atoms in total. The van der Waals surface area contributed by atoms with Crippen LogP contribution in [0.15, 0.2) is 54.7 Å². The van der Waals surface area contributed by atoms with E-state index in [4.69, 9.17) is 0 Å². The summed E-state index contributed by atoms with van der Waals surface area (Å²) in [7, 11) is 0. The topological polar surface area (TPSA) is 42.4 Å². The molecule has 0 unspecified atom stereocenters. The number of rotatable bonds is 2. The molecule has 1 heterocycles. The minimum absolute atomic E-state index is 0.503. The molecule has 0 radical (unpaired) electrons. The van der Waals surface area contributed by atoms with E-state index in [2.05, 4.69) is 9.72 Å². The van der Waals surface area contributed by atoms with Crippen molar-refractivity contribution >= 4 is 10.9 Å². The number of nitrogens with zero attached hydrogens (tertiary/aromatic N) is 1. The van der Waals surface area contributed by atoms with Gasteiger partial charge in [0.1, 0.15) is 0 Å². The van der Waals surface area contributed by atoms with Crippen molar-refractivity contribution in [1.29, 1.82) is 0 Å². The lowest BCUT2D eigenvalue weighted by Crippen LogP contribution is -2.17. The Labute approximate surface area is 123 Å². The summed E-state index contributed by atoms with van der Waals surface area (Å²) in [5.74, 6) is -1.19. The van der Waals surface area contributed by atoms with Crippen LogP contribution in [0.2, 0.25) is 0 Å². The highest BCUT2D eigenvalue weighted by Crippen LogP contribution is 2.35. The van der Waals surface area contributed by atoms with Crippen molar-refractivity contribution in [2.75, 3.05) is 0 Å².